The number of halogens is 1. The minimum absolute atomic E-state index is 0.490. The average molecular weight is 356 g/mol. The Kier molecular flexibility index (Phi) is 6.04. The van der Waals surface area contributed by atoms with Crippen molar-refractivity contribution in [2.45, 2.75) is 12.5 Å². The van der Waals surface area contributed by atoms with Crippen molar-refractivity contribution >= 4 is 27.3 Å². The Bertz CT molecular complexity index is 527. The van der Waals surface area contributed by atoms with Gasteiger partial charge in [-0.05, 0) is 52.2 Å². The fourth-order valence-electron chi connectivity index (χ4n) is 1.88. The van der Waals surface area contributed by atoms with Crippen molar-refractivity contribution in [3.8, 4) is 5.75 Å². The monoisotopic (exact) mass is 355 g/mol. The predicted molar refractivity (Wildman–Crippen MR) is 86.5 cm³/mol. The molecular weight excluding hydrogens is 338 g/mol. The molecule has 2 rings (SSSR count). The second-order valence-electron chi connectivity index (χ2n) is 4.45. The van der Waals surface area contributed by atoms with E-state index in [1.165, 1.54) is 4.88 Å². The van der Waals surface area contributed by atoms with Gasteiger partial charge < -0.3 is 15.2 Å². The van der Waals surface area contributed by atoms with Gasteiger partial charge >= 0.3 is 0 Å². The molecule has 0 aliphatic carbocycles. The van der Waals surface area contributed by atoms with Crippen molar-refractivity contribution < 1.29 is 9.84 Å². The highest BCUT2D eigenvalue weighted by molar-refractivity contribution is 9.11. The number of methoxy groups -OCH3 is 1. The molecule has 1 aromatic heterocycles. The second kappa shape index (κ2) is 7.78. The molecule has 0 fully saturated rings. The molecule has 0 aliphatic rings. The molecule has 5 heteroatoms. The molecule has 0 spiro atoms. The van der Waals surface area contributed by atoms with Crippen molar-refractivity contribution in [3.63, 3.8) is 0 Å². The largest absolute Gasteiger partial charge is 0.497 e. The summed E-state index contributed by atoms with van der Waals surface area (Å²) in [5, 5.41) is 13.4. The van der Waals surface area contributed by atoms with Gasteiger partial charge in [-0.3, -0.25) is 0 Å². The molecule has 0 bridgehead atoms. The van der Waals surface area contributed by atoms with E-state index in [-0.39, 0.29) is 0 Å². The van der Waals surface area contributed by atoms with Crippen LogP contribution in [0.1, 0.15) is 16.5 Å². The van der Waals surface area contributed by atoms with Gasteiger partial charge in [-0.15, -0.1) is 11.3 Å². The maximum Gasteiger partial charge on any atom is 0.118 e. The number of thiophene rings is 1. The van der Waals surface area contributed by atoms with Gasteiger partial charge in [0.2, 0.25) is 0 Å². The quantitative estimate of drug-likeness (QED) is 0.748. The number of hydrogen-bond donors (Lipinski definition) is 2. The zero-order valence-electron chi connectivity index (χ0n) is 11.3. The van der Waals surface area contributed by atoms with Crippen LogP contribution in [0.15, 0.2) is 40.2 Å². The van der Waals surface area contributed by atoms with Crippen LogP contribution in [-0.2, 0) is 6.42 Å². The maximum atomic E-state index is 10.1. The lowest BCUT2D eigenvalue weighted by Gasteiger charge is -2.12. The highest BCUT2D eigenvalue weighted by atomic mass is 79.9. The molecule has 2 aromatic rings. The normalized spacial score (nSPS) is 12.3. The van der Waals surface area contributed by atoms with Gasteiger partial charge in [0.15, 0.2) is 0 Å². The van der Waals surface area contributed by atoms with Crippen LogP contribution in [0.3, 0.4) is 0 Å². The van der Waals surface area contributed by atoms with E-state index in [4.69, 9.17) is 4.74 Å². The SMILES string of the molecule is COc1ccc(C(O)CNCCc2ccc(Br)s2)cc1. The lowest BCUT2D eigenvalue weighted by molar-refractivity contribution is 0.175. The first-order valence-corrected chi connectivity index (χ1v) is 8.07. The molecule has 0 saturated carbocycles. The number of nitrogens with one attached hydrogen (secondary N) is 1. The summed E-state index contributed by atoms with van der Waals surface area (Å²) in [5.41, 5.74) is 0.900. The fourth-order valence-corrected chi connectivity index (χ4v) is 3.36. The lowest BCUT2D eigenvalue weighted by Crippen LogP contribution is -2.23. The van der Waals surface area contributed by atoms with Crippen molar-refractivity contribution in [2.24, 2.45) is 0 Å². The molecule has 1 aromatic carbocycles. The number of hydrogen-bond acceptors (Lipinski definition) is 4. The highest BCUT2D eigenvalue weighted by Gasteiger charge is 2.07. The summed E-state index contributed by atoms with van der Waals surface area (Å²) in [7, 11) is 1.63. The zero-order chi connectivity index (χ0) is 14.4. The zero-order valence-corrected chi connectivity index (χ0v) is 13.7. The summed E-state index contributed by atoms with van der Waals surface area (Å²) in [6.07, 6.45) is 0.488. The van der Waals surface area contributed by atoms with Crippen LogP contribution in [0.4, 0.5) is 0 Å². The van der Waals surface area contributed by atoms with E-state index < -0.39 is 6.10 Å². The van der Waals surface area contributed by atoms with Crippen LogP contribution < -0.4 is 10.1 Å². The Hall–Kier alpha value is -0.880. The Labute approximate surface area is 131 Å². The third-order valence-electron chi connectivity index (χ3n) is 3.02. The predicted octanol–water partition coefficient (Wildman–Crippen LogP) is 3.38. The first-order valence-electron chi connectivity index (χ1n) is 6.46. The fraction of sp³-hybridized carbons (Fsp3) is 0.333. The first-order chi connectivity index (χ1) is 9.69. The average Bonchev–Trinajstić information content (AvgIpc) is 2.89. The van der Waals surface area contributed by atoms with Crippen LogP contribution >= 0.6 is 27.3 Å². The standard InChI is InChI=1S/C15H18BrNO2S/c1-19-12-4-2-11(3-5-12)14(18)10-17-9-8-13-6-7-15(16)20-13/h2-7,14,17-18H,8-10H2,1H3. The summed E-state index contributed by atoms with van der Waals surface area (Å²) in [6, 6.07) is 11.7. The number of aliphatic hydroxyl groups is 1. The topological polar surface area (TPSA) is 41.5 Å². The summed E-state index contributed by atoms with van der Waals surface area (Å²) < 4.78 is 6.26. The Balaban J connectivity index is 1.72. The third kappa shape index (κ3) is 4.59. The Morgan fingerprint density at radius 3 is 2.60 bits per heavy atom. The minimum atomic E-state index is -0.490. The summed E-state index contributed by atoms with van der Waals surface area (Å²) in [6.45, 7) is 1.42. The van der Waals surface area contributed by atoms with Gasteiger partial charge in [0, 0.05) is 18.0 Å². The number of rotatable bonds is 7. The first kappa shape index (κ1) is 15.5. The molecule has 20 heavy (non-hydrogen) atoms. The minimum Gasteiger partial charge on any atom is -0.497 e. The number of benzene rings is 1. The van der Waals surface area contributed by atoms with E-state index in [1.54, 1.807) is 18.4 Å². The third-order valence-corrected chi connectivity index (χ3v) is 4.70. The molecule has 1 atom stereocenters. The van der Waals surface area contributed by atoms with Crippen molar-refractivity contribution in [1.82, 2.24) is 5.32 Å². The van der Waals surface area contributed by atoms with Gasteiger partial charge in [0.05, 0.1) is 17.0 Å². The maximum absolute atomic E-state index is 10.1. The van der Waals surface area contributed by atoms with E-state index in [0.29, 0.717) is 6.54 Å². The van der Waals surface area contributed by atoms with Gasteiger partial charge in [-0.25, -0.2) is 0 Å². The van der Waals surface area contributed by atoms with Crippen LogP contribution in [0.25, 0.3) is 0 Å². The molecule has 0 saturated heterocycles. The molecule has 0 amide bonds. The molecule has 3 nitrogen and oxygen atoms in total. The smallest absolute Gasteiger partial charge is 0.118 e. The summed E-state index contributed by atoms with van der Waals surface area (Å²) >= 11 is 5.20. The van der Waals surface area contributed by atoms with E-state index in [0.717, 1.165) is 28.1 Å². The molecule has 2 N–H and O–H groups in total. The van der Waals surface area contributed by atoms with Crippen LogP contribution in [0, 0.1) is 0 Å². The molecule has 0 radical (unpaired) electrons. The highest BCUT2D eigenvalue weighted by Crippen LogP contribution is 2.22. The Morgan fingerprint density at radius 1 is 1.25 bits per heavy atom. The molecule has 108 valence electrons. The molecule has 0 aliphatic heterocycles. The van der Waals surface area contributed by atoms with Crippen LogP contribution in [0.2, 0.25) is 0 Å². The van der Waals surface area contributed by atoms with Crippen LogP contribution in [0.5, 0.6) is 5.75 Å². The summed E-state index contributed by atoms with van der Waals surface area (Å²) in [5.74, 6) is 0.803. The van der Waals surface area contributed by atoms with E-state index in [1.807, 2.05) is 24.3 Å². The van der Waals surface area contributed by atoms with Crippen LogP contribution in [-0.4, -0.2) is 25.3 Å². The molecule has 1 heterocycles. The van der Waals surface area contributed by atoms with Gasteiger partial charge in [-0.2, -0.15) is 0 Å². The molecular formula is C15H18BrNO2S. The lowest BCUT2D eigenvalue weighted by atomic mass is 10.1. The van der Waals surface area contributed by atoms with Gasteiger partial charge in [-0.1, -0.05) is 12.1 Å². The van der Waals surface area contributed by atoms with E-state index in [9.17, 15) is 5.11 Å². The second-order valence-corrected chi connectivity index (χ2v) is 7.00. The summed E-state index contributed by atoms with van der Waals surface area (Å²) in [4.78, 5) is 1.34. The van der Waals surface area contributed by atoms with E-state index in [2.05, 4.69) is 33.4 Å². The number of ether oxygens (including phenoxy) is 1. The van der Waals surface area contributed by atoms with Gasteiger partial charge in [0.25, 0.3) is 0 Å². The Morgan fingerprint density at radius 2 is 2.00 bits per heavy atom. The van der Waals surface area contributed by atoms with Gasteiger partial charge in [0.1, 0.15) is 5.75 Å². The van der Waals surface area contributed by atoms with Crippen molar-refractivity contribution in [3.05, 3.63) is 50.6 Å². The van der Waals surface area contributed by atoms with Crippen molar-refractivity contribution in [1.29, 1.82) is 0 Å². The van der Waals surface area contributed by atoms with Crippen molar-refractivity contribution in [2.75, 3.05) is 20.2 Å². The van der Waals surface area contributed by atoms with E-state index >= 15 is 0 Å². The number of aliphatic hydroxyl groups excluding tert-OH is 1. The molecule has 1 unspecified atom stereocenters.